The average molecular weight is 124 g/mol. The van der Waals surface area contributed by atoms with E-state index in [9.17, 15) is 4.79 Å². The highest BCUT2D eigenvalue weighted by Gasteiger charge is 2.02. The number of rotatable bonds is 1. The first kappa shape index (κ1) is 5.88. The van der Waals surface area contributed by atoms with E-state index in [0.717, 1.165) is 0 Å². The first-order valence-electron chi connectivity index (χ1n) is 2.51. The molecule has 0 spiro atoms. The van der Waals surface area contributed by atoms with E-state index in [1.165, 1.54) is 12.3 Å². The molecule has 3 heteroatoms. The minimum Gasteiger partial charge on any atom is -0.459 e. The number of nitrogens with one attached hydrogen (secondary N) is 1. The lowest BCUT2D eigenvalue weighted by Crippen LogP contribution is -2.16. The van der Waals surface area contributed by atoms with Gasteiger partial charge < -0.3 is 9.73 Å². The van der Waals surface area contributed by atoms with Crippen molar-refractivity contribution >= 4 is 5.91 Å². The molecule has 1 radical (unpaired) electrons. The number of amides is 1. The van der Waals surface area contributed by atoms with Gasteiger partial charge in [0.25, 0.3) is 5.91 Å². The zero-order chi connectivity index (χ0) is 6.69. The number of hydrogen-bond donors (Lipinski definition) is 1. The van der Waals surface area contributed by atoms with Crippen LogP contribution in [0.25, 0.3) is 0 Å². The Labute approximate surface area is 52.7 Å². The summed E-state index contributed by atoms with van der Waals surface area (Å²) in [5, 5.41) is 2.41. The number of hydrogen-bond acceptors (Lipinski definition) is 2. The second kappa shape index (κ2) is 2.35. The van der Waals surface area contributed by atoms with Gasteiger partial charge in [-0.15, -0.1) is 0 Å². The maximum absolute atomic E-state index is 10.6. The van der Waals surface area contributed by atoms with Crippen LogP contribution in [0.5, 0.6) is 0 Å². The maximum Gasteiger partial charge on any atom is 0.286 e. The van der Waals surface area contributed by atoms with Crippen LogP contribution >= 0.6 is 0 Å². The lowest BCUT2D eigenvalue weighted by Gasteiger charge is -1.89. The Morgan fingerprint density at radius 3 is 3.11 bits per heavy atom. The molecule has 1 aromatic heterocycles. The van der Waals surface area contributed by atoms with E-state index < -0.39 is 0 Å². The van der Waals surface area contributed by atoms with Gasteiger partial charge in [0.15, 0.2) is 5.76 Å². The molecule has 0 saturated heterocycles. The molecule has 1 aromatic rings. The summed E-state index contributed by atoms with van der Waals surface area (Å²) in [5.41, 5.74) is 0. The van der Waals surface area contributed by atoms with Crippen LogP contribution in [0, 0.1) is 6.07 Å². The van der Waals surface area contributed by atoms with Crippen molar-refractivity contribution in [1.82, 2.24) is 5.32 Å². The van der Waals surface area contributed by atoms with Gasteiger partial charge in [0.1, 0.15) is 0 Å². The molecular weight excluding hydrogens is 118 g/mol. The summed E-state index contributed by atoms with van der Waals surface area (Å²) in [5.74, 6) is 0.0637. The van der Waals surface area contributed by atoms with Gasteiger partial charge in [-0.25, -0.2) is 0 Å². The Hall–Kier alpha value is -1.25. The summed E-state index contributed by atoms with van der Waals surface area (Å²) in [6.45, 7) is 0. The molecule has 0 aliphatic heterocycles. The third-order valence-electron chi connectivity index (χ3n) is 0.919. The van der Waals surface area contributed by atoms with Crippen LogP contribution in [0.2, 0.25) is 0 Å². The van der Waals surface area contributed by atoms with E-state index in [0.29, 0.717) is 0 Å². The normalized spacial score (nSPS) is 9.00. The largest absolute Gasteiger partial charge is 0.459 e. The summed E-state index contributed by atoms with van der Waals surface area (Å²) in [4.78, 5) is 10.6. The molecule has 0 fully saturated rings. The van der Waals surface area contributed by atoms with E-state index in [1.807, 2.05) is 0 Å². The first-order chi connectivity index (χ1) is 4.34. The van der Waals surface area contributed by atoms with Gasteiger partial charge in [0.05, 0.1) is 6.26 Å². The van der Waals surface area contributed by atoms with Crippen molar-refractivity contribution in [2.75, 3.05) is 7.05 Å². The average Bonchev–Trinajstić information content (AvgIpc) is 2.37. The minimum absolute atomic E-state index is 0.226. The predicted molar refractivity (Wildman–Crippen MR) is 30.9 cm³/mol. The smallest absolute Gasteiger partial charge is 0.286 e. The van der Waals surface area contributed by atoms with Crippen molar-refractivity contribution in [2.24, 2.45) is 0 Å². The Bertz CT molecular complexity index is 191. The number of furan rings is 1. The van der Waals surface area contributed by atoms with Crippen molar-refractivity contribution in [1.29, 1.82) is 0 Å². The van der Waals surface area contributed by atoms with Crippen LogP contribution in [0.3, 0.4) is 0 Å². The fraction of sp³-hybridized carbons (Fsp3) is 0.167. The molecule has 0 aliphatic rings. The van der Waals surface area contributed by atoms with Crippen molar-refractivity contribution in [3.8, 4) is 0 Å². The van der Waals surface area contributed by atoms with Gasteiger partial charge in [-0.3, -0.25) is 4.79 Å². The minimum atomic E-state index is -0.226. The van der Waals surface area contributed by atoms with Crippen LogP contribution in [0.4, 0.5) is 0 Å². The lowest BCUT2D eigenvalue weighted by atomic mass is 10.4. The number of carbonyl (C=O) groups is 1. The second-order valence-corrected chi connectivity index (χ2v) is 1.49. The van der Waals surface area contributed by atoms with Gasteiger partial charge in [0, 0.05) is 13.1 Å². The van der Waals surface area contributed by atoms with Crippen molar-refractivity contribution in [3.05, 3.63) is 24.2 Å². The Kier molecular flexibility index (Phi) is 1.53. The Morgan fingerprint density at radius 1 is 1.89 bits per heavy atom. The molecule has 0 saturated carbocycles. The van der Waals surface area contributed by atoms with Crippen molar-refractivity contribution < 1.29 is 9.21 Å². The molecule has 0 aromatic carbocycles. The zero-order valence-corrected chi connectivity index (χ0v) is 4.97. The maximum atomic E-state index is 10.6. The fourth-order valence-corrected chi connectivity index (χ4v) is 0.483. The summed E-state index contributed by atoms with van der Waals surface area (Å²) >= 11 is 0. The van der Waals surface area contributed by atoms with Crippen LogP contribution in [-0.2, 0) is 0 Å². The van der Waals surface area contributed by atoms with Gasteiger partial charge in [0.2, 0.25) is 0 Å². The third-order valence-corrected chi connectivity index (χ3v) is 0.919. The summed E-state index contributed by atoms with van der Waals surface area (Å²) < 4.78 is 4.72. The van der Waals surface area contributed by atoms with Crippen LogP contribution in [0.1, 0.15) is 10.6 Å². The fourth-order valence-electron chi connectivity index (χ4n) is 0.483. The SMILES string of the molecule is CNC(=O)c1c[c]co1. The van der Waals surface area contributed by atoms with E-state index in [2.05, 4.69) is 11.4 Å². The van der Waals surface area contributed by atoms with Gasteiger partial charge in [-0.05, 0) is 6.07 Å². The third kappa shape index (κ3) is 1.10. The highest BCUT2D eigenvalue weighted by molar-refractivity contribution is 5.90. The standard InChI is InChI=1S/C6H6NO2/c1-7-6(8)5-3-2-4-9-5/h3-4H,1H3,(H,7,8). The van der Waals surface area contributed by atoms with Crippen LogP contribution in [0.15, 0.2) is 16.7 Å². The first-order valence-corrected chi connectivity index (χ1v) is 2.51. The van der Waals surface area contributed by atoms with E-state index >= 15 is 0 Å². The summed E-state index contributed by atoms with van der Waals surface area (Å²) in [6.07, 6.45) is 1.34. The molecule has 0 aliphatic carbocycles. The second-order valence-electron chi connectivity index (χ2n) is 1.49. The van der Waals surface area contributed by atoms with Crippen molar-refractivity contribution in [2.45, 2.75) is 0 Å². The van der Waals surface area contributed by atoms with E-state index in [-0.39, 0.29) is 11.7 Å². The molecule has 0 unspecified atom stereocenters. The molecule has 1 N–H and O–H groups in total. The molecule has 3 nitrogen and oxygen atoms in total. The molecule has 0 atom stereocenters. The molecular formula is C6H6NO2. The molecule has 47 valence electrons. The summed E-state index contributed by atoms with van der Waals surface area (Å²) in [6, 6.07) is 4.10. The summed E-state index contributed by atoms with van der Waals surface area (Å²) in [7, 11) is 1.55. The van der Waals surface area contributed by atoms with Crippen LogP contribution < -0.4 is 5.32 Å². The van der Waals surface area contributed by atoms with E-state index in [4.69, 9.17) is 4.42 Å². The van der Waals surface area contributed by atoms with Crippen LogP contribution in [-0.4, -0.2) is 13.0 Å². The topological polar surface area (TPSA) is 42.2 Å². The molecule has 0 bridgehead atoms. The Balaban J connectivity index is 2.77. The highest BCUT2D eigenvalue weighted by atomic mass is 16.3. The molecule has 1 amide bonds. The lowest BCUT2D eigenvalue weighted by molar-refractivity contribution is 0.0935. The van der Waals surface area contributed by atoms with Gasteiger partial charge in [-0.1, -0.05) is 0 Å². The Morgan fingerprint density at radius 2 is 2.67 bits per heavy atom. The zero-order valence-electron chi connectivity index (χ0n) is 4.97. The highest BCUT2D eigenvalue weighted by Crippen LogP contribution is 1.96. The van der Waals surface area contributed by atoms with Gasteiger partial charge >= 0.3 is 0 Å². The molecule has 1 heterocycles. The molecule has 9 heavy (non-hydrogen) atoms. The van der Waals surface area contributed by atoms with Crippen molar-refractivity contribution in [3.63, 3.8) is 0 Å². The predicted octanol–water partition coefficient (Wildman–Crippen LogP) is 0.439. The van der Waals surface area contributed by atoms with Gasteiger partial charge in [-0.2, -0.15) is 0 Å². The molecule has 1 rings (SSSR count). The quantitative estimate of drug-likeness (QED) is 0.590. The monoisotopic (exact) mass is 124 g/mol. The van der Waals surface area contributed by atoms with E-state index in [1.54, 1.807) is 7.05 Å². The number of carbonyl (C=O) groups excluding carboxylic acids is 1.